The molecule has 1 saturated carbocycles. The second kappa shape index (κ2) is 5.54. The van der Waals surface area contributed by atoms with Crippen LogP contribution in [0.15, 0.2) is 0 Å². The lowest BCUT2D eigenvalue weighted by atomic mass is 10.0. The normalized spacial score (nSPS) is 16.9. The van der Waals surface area contributed by atoms with E-state index in [0.717, 1.165) is 17.1 Å². The molecule has 1 aliphatic rings. The molecule has 0 heterocycles. The summed E-state index contributed by atoms with van der Waals surface area (Å²) in [5.74, 6) is -0.0141. The number of methoxy groups -OCH3 is 1. The molecule has 1 fully saturated rings. The first-order chi connectivity index (χ1) is 8.19. The van der Waals surface area contributed by atoms with E-state index in [0.29, 0.717) is 5.92 Å². The third kappa shape index (κ3) is 4.22. The minimum atomic E-state index is -3.55. The van der Waals surface area contributed by atoms with Crippen molar-refractivity contribution in [2.75, 3.05) is 20.7 Å². The molecule has 0 bridgehead atoms. The Balaban J connectivity index is 2.54. The van der Waals surface area contributed by atoms with Gasteiger partial charge in [-0.25, -0.2) is 0 Å². The number of ether oxygens (including phenoxy) is 1. The van der Waals surface area contributed by atoms with Gasteiger partial charge in [0.1, 0.15) is 0 Å². The van der Waals surface area contributed by atoms with E-state index in [4.69, 9.17) is 0 Å². The van der Waals surface area contributed by atoms with Crippen LogP contribution in [-0.4, -0.2) is 44.9 Å². The summed E-state index contributed by atoms with van der Waals surface area (Å²) in [6, 6.07) is 0. The zero-order chi connectivity index (χ0) is 14.0. The highest BCUT2D eigenvalue weighted by Crippen LogP contribution is 2.39. The Hall–Kier alpha value is -0.660. The van der Waals surface area contributed by atoms with Crippen molar-refractivity contribution >= 4 is 16.2 Å². The van der Waals surface area contributed by atoms with Crippen LogP contribution in [0.25, 0.3) is 0 Å². The largest absolute Gasteiger partial charge is 0.469 e. The number of nitrogens with zero attached hydrogens (tertiary/aromatic N) is 1. The minimum Gasteiger partial charge on any atom is -0.469 e. The first-order valence-corrected chi connectivity index (χ1v) is 7.45. The lowest BCUT2D eigenvalue weighted by Gasteiger charge is -2.28. The molecule has 106 valence electrons. The van der Waals surface area contributed by atoms with Gasteiger partial charge < -0.3 is 4.74 Å². The quantitative estimate of drug-likeness (QED) is 0.688. The van der Waals surface area contributed by atoms with Crippen molar-refractivity contribution in [3.05, 3.63) is 0 Å². The molecule has 0 atom stereocenters. The molecule has 18 heavy (non-hydrogen) atoms. The summed E-state index contributed by atoms with van der Waals surface area (Å²) in [7, 11) is -0.816. The van der Waals surface area contributed by atoms with Gasteiger partial charge in [0.2, 0.25) is 0 Å². The molecular formula is C11H22N2O4S. The van der Waals surface area contributed by atoms with Gasteiger partial charge >= 0.3 is 5.97 Å². The summed E-state index contributed by atoms with van der Waals surface area (Å²) in [6.07, 6.45) is 2.17. The van der Waals surface area contributed by atoms with E-state index in [9.17, 15) is 13.2 Å². The minimum absolute atomic E-state index is 0.0533. The highest BCUT2D eigenvalue weighted by molar-refractivity contribution is 7.87. The van der Waals surface area contributed by atoms with Crippen molar-refractivity contribution in [1.82, 2.24) is 9.03 Å². The molecular weight excluding hydrogens is 256 g/mol. The van der Waals surface area contributed by atoms with Crippen LogP contribution in [-0.2, 0) is 19.7 Å². The van der Waals surface area contributed by atoms with Crippen molar-refractivity contribution in [1.29, 1.82) is 0 Å². The zero-order valence-electron chi connectivity index (χ0n) is 11.4. The van der Waals surface area contributed by atoms with Crippen molar-refractivity contribution in [3.63, 3.8) is 0 Å². The monoisotopic (exact) mass is 278 g/mol. The van der Waals surface area contributed by atoms with Crippen molar-refractivity contribution in [2.24, 2.45) is 5.92 Å². The molecule has 0 amide bonds. The average molecular weight is 278 g/mol. The molecule has 7 heteroatoms. The number of esters is 1. The van der Waals surface area contributed by atoms with Gasteiger partial charge in [-0.05, 0) is 32.6 Å². The van der Waals surface area contributed by atoms with Gasteiger partial charge in [0.15, 0.2) is 0 Å². The third-order valence-corrected chi connectivity index (χ3v) is 5.05. The number of carbonyl (C=O) groups is 1. The molecule has 1 N–H and O–H groups in total. The van der Waals surface area contributed by atoms with Gasteiger partial charge in [0.25, 0.3) is 10.2 Å². The van der Waals surface area contributed by atoms with E-state index in [2.05, 4.69) is 9.46 Å². The van der Waals surface area contributed by atoms with Crippen molar-refractivity contribution < 1.29 is 17.9 Å². The second-order valence-electron chi connectivity index (χ2n) is 5.25. The van der Waals surface area contributed by atoms with Gasteiger partial charge in [0, 0.05) is 19.1 Å². The van der Waals surface area contributed by atoms with Gasteiger partial charge in [0.05, 0.1) is 13.5 Å². The molecule has 1 aliphatic carbocycles. The Bertz CT molecular complexity index is 401. The SMILES string of the molecule is COC(=O)CCN(C)S(=O)(=O)NC(C)(C)C1CC1. The van der Waals surface area contributed by atoms with Crippen molar-refractivity contribution in [2.45, 2.75) is 38.6 Å². The number of rotatable bonds is 7. The summed E-state index contributed by atoms with van der Waals surface area (Å²) in [5, 5.41) is 0. The van der Waals surface area contributed by atoms with Crippen LogP contribution in [0, 0.1) is 5.92 Å². The highest BCUT2D eigenvalue weighted by atomic mass is 32.2. The summed E-state index contributed by atoms with van der Waals surface area (Å²) < 4.78 is 32.4. The highest BCUT2D eigenvalue weighted by Gasteiger charge is 2.41. The Morgan fingerprint density at radius 2 is 2.00 bits per heavy atom. The lowest BCUT2D eigenvalue weighted by molar-refractivity contribution is -0.140. The second-order valence-corrected chi connectivity index (χ2v) is 7.03. The summed E-state index contributed by atoms with van der Waals surface area (Å²) in [5.41, 5.74) is -0.432. The van der Waals surface area contributed by atoms with Crippen LogP contribution in [0.5, 0.6) is 0 Å². The molecule has 0 radical (unpaired) electrons. The van der Waals surface area contributed by atoms with Crippen LogP contribution in [0.3, 0.4) is 0 Å². The van der Waals surface area contributed by atoms with E-state index in [1.54, 1.807) is 0 Å². The molecule has 0 aliphatic heterocycles. The first-order valence-electron chi connectivity index (χ1n) is 6.01. The summed E-state index contributed by atoms with van der Waals surface area (Å²) in [4.78, 5) is 11.0. The fourth-order valence-corrected chi connectivity index (χ4v) is 3.09. The Kier molecular flexibility index (Phi) is 4.74. The summed E-state index contributed by atoms with van der Waals surface area (Å²) >= 11 is 0. The predicted octanol–water partition coefficient (Wildman–Crippen LogP) is 0.504. The van der Waals surface area contributed by atoms with Gasteiger partial charge in [-0.1, -0.05) is 0 Å². The van der Waals surface area contributed by atoms with E-state index >= 15 is 0 Å². The third-order valence-electron chi connectivity index (χ3n) is 3.26. The van der Waals surface area contributed by atoms with Gasteiger partial charge in [-0.2, -0.15) is 17.4 Å². The van der Waals surface area contributed by atoms with E-state index in [1.807, 2.05) is 13.8 Å². The first kappa shape index (κ1) is 15.4. The van der Waals surface area contributed by atoms with Crippen LogP contribution in [0.4, 0.5) is 0 Å². The fraction of sp³-hybridized carbons (Fsp3) is 0.909. The molecule has 6 nitrogen and oxygen atoms in total. The average Bonchev–Trinajstić information content (AvgIpc) is 3.07. The lowest BCUT2D eigenvalue weighted by Crippen LogP contribution is -2.50. The van der Waals surface area contributed by atoms with E-state index < -0.39 is 21.7 Å². The Morgan fingerprint density at radius 1 is 1.44 bits per heavy atom. The van der Waals surface area contributed by atoms with Crippen LogP contribution in [0.2, 0.25) is 0 Å². The number of nitrogens with one attached hydrogen (secondary N) is 1. The molecule has 0 aromatic heterocycles. The molecule has 0 spiro atoms. The predicted molar refractivity (Wildman–Crippen MR) is 68.1 cm³/mol. The van der Waals surface area contributed by atoms with Crippen LogP contribution >= 0.6 is 0 Å². The summed E-state index contributed by atoms with van der Waals surface area (Å²) in [6.45, 7) is 3.88. The molecule has 0 unspecified atom stereocenters. The zero-order valence-corrected chi connectivity index (χ0v) is 12.2. The Labute approximate surface area is 109 Å². The molecule has 0 saturated heterocycles. The maximum Gasteiger partial charge on any atom is 0.306 e. The van der Waals surface area contributed by atoms with Crippen LogP contribution < -0.4 is 4.72 Å². The molecule has 0 aromatic carbocycles. The standard InChI is InChI=1S/C11H22N2O4S/c1-11(2,9-5-6-9)12-18(15,16)13(3)8-7-10(14)17-4/h9,12H,5-8H2,1-4H3. The number of hydrogen-bond donors (Lipinski definition) is 1. The van der Waals surface area contributed by atoms with E-state index in [-0.39, 0.29) is 13.0 Å². The maximum atomic E-state index is 12.0. The van der Waals surface area contributed by atoms with E-state index in [1.165, 1.54) is 14.2 Å². The number of carbonyl (C=O) groups excluding carboxylic acids is 1. The topological polar surface area (TPSA) is 75.7 Å². The Morgan fingerprint density at radius 3 is 2.44 bits per heavy atom. The van der Waals surface area contributed by atoms with Gasteiger partial charge in [-0.3, -0.25) is 4.79 Å². The smallest absolute Gasteiger partial charge is 0.306 e. The van der Waals surface area contributed by atoms with Crippen LogP contribution in [0.1, 0.15) is 33.1 Å². The fourth-order valence-electron chi connectivity index (χ4n) is 1.77. The van der Waals surface area contributed by atoms with Crippen molar-refractivity contribution in [3.8, 4) is 0 Å². The maximum absolute atomic E-state index is 12.0. The molecule has 1 rings (SSSR count). The van der Waals surface area contributed by atoms with Gasteiger partial charge in [-0.15, -0.1) is 0 Å². The number of hydrogen-bond acceptors (Lipinski definition) is 4. The molecule has 0 aromatic rings.